The maximum Gasteiger partial charge on any atom is 0.163 e. The Kier molecular flexibility index (Phi) is 4.52. The predicted octanol–water partition coefficient (Wildman–Crippen LogP) is 2.74. The van der Waals surface area contributed by atoms with Crippen molar-refractivity contribution < 1.29 is 14.2 Å². The lowest BCUT2D eigenvalue weighted by atomic mass is 10.1. The van der Waals surface area contributed by atoms with Crippen LogP contribution in [0.5, 0.6) is 17.2 Å². The van der Waals surface area contributed by atoms with Gasteiger partial charge < -0.3 is 19.9 Å². The van der Waals surface area contributed by atoms with Crippen LogP contribution in [0, 0.1) is 11.3 Å². The summed E-state index contributed by atoms with van der Waals surface area (Å²) in [4.78, 5) is 0. The van der Waals surface area contributed by atoms with E-state index < -0.39 is 0 Å². The third kappa shape index (κ3) is 3.37. The number of rotatable bonds is 5. The van der Waals surface area contributed by atoms with E-state index in [1.165, 1.54) is 0 Å². The van der Waals surface area contributed by atoms with Crippen LogP contribution in [-0.4, -0.2) is 14.2 Å². The van der Waals surface area contributed by atoms with Crippen molar-refractivity contribution >= 4 is 5.69 Å². The molecule has 0 aromatic heterocycles. The van der Waals surface area contributed by atoms with Gasteiger partial charge in [0.2, 0.25) is 0 Å². The lowest BCUT2D eigenvalue weighted by molar-refractivity contribution is 0.278. The molecule has 0 heterocycles. The fraction of sp³-hybridized carbons (Fsp3) is 0.188. The van der Waals surface area contributed by atoms with Crippen molar-refractivity contribution in [3.05, 3.63) is 47.5 Å². The number of benzene rings is 2. The number of nitrogens with zero attached hydrogens (tertiary/aromatic N) is 1. The first-order chi connectivity index (χ1) is 10.2. The van der Waals surface area contributed by atoms with Gasteiger partial charge in [0.15, 0.2) is 11.5 Å². The summed E-state index contributed by atoms with van der Waals surface area (Å²) in [5.41, 5.74) is 7.66. The van der Waals surface area contributed by atoms with Crippen LogP contribution in [0.3, 0.4) is 0 Å². The second kappa shape index (κ2) is 6.53. The van der Waals surface area contributed by atoms with Crippen LogP contribution in [0.15, 0.2) is 36.4 Å². The molecule has 0 aliphatic rings. The molecule has 0 saturated heterocycles. The summed E-state index contributed by atoms with van der Waals surface area (Å²) in [6.45, 7) is 0.249. The molecular weight excluding hydrogens is 268 g/mol. The van der Waals surface area contributed by atoms with Gasteiger partial charge >= 0.3 is 0 Å². The zero-order valence-corrected chi connectivity index (χ0v) is 11.9. The average molecular weight is 284 g/mol. The molecule has 2 N–H and O–H groups in total. The summed E-state index contributed by atoms with van der Waals surface area (Å²) in [6.07, 6.45) is 0. The number of hydrogen-bond donors (Lipinski definition) is 1. The zero-order valence-electron chi connectivity index (χ0n) is 11.9. The van der Waals surface area contributed by atoms with Crippen LogP contribution in [0.25, 0.3) is 0 Å². The standard InChI is InChI=1S/C16H16N2O3/c1-19-14-5-3-11(9-17)7-12(14)10-21-16-8-13(18)4-6-15(16)20-2/h3-8H,10,18H2,1-2H3. The number of ether oxygens (including phenoxy) is 3. The molecule has 0 unspecified atom stereocenters. The minimum Gasteiger partial charge on any atom is -0.496 e. The highest BCUT2D eigenvalue weighted by Gasteiger charge is 2.09. The third-order valence-electron chi connectivity index (χ3n) is 2.98. The van der Waals surface area contributed by atoms with Crippen molar-refractivity contribution in [2.45, 2.75) is 6.61 Å². The molecule has 0 bridgehead atoms. The van der Waals surface area contributed by atoms with Gasteiger partial charge in [-0.25, -0.2) is 0 Å². The second-order valence-corrected chi connectivity index (χ2v) is 4.34. The highest BCUT2D eigenvalue weighted by atomic mass is 16.5. The van der Waals surface area contributed by atoms with Gasteiger partial charge in [-0.15, -0.1) is 0 Å². The SMILES string of the molecule is COc1ccc(C#N)cc1COc1cc(N)ccc1OC. The zero-order chi connectivity index (χ0) is 15.2. The number of nitrogens with two attached hydrogens (primary N) is 1. The van der Waals surface area contributed by atoms with Gasteiger partial charge in [0.1, 0.15) is 12.4 Å². The van der Waals surface area contributed by atoms with E-state index in [9.17, 15) is 0 Å². The van der Waals surface area contributed by atoms with E-state index in [1.807, 2.05) is 0 Å². The number of anilines is 1. The highest BCUT2D eigenvalue weighted by Crippen LogP contribution is 2.30. The van der Waals surface area contributed by atoms with E-state index in [4.69, 9.17) is 25.2 Å². The Balaban J connectivity index is 2.24. The smallest absolute Gasteiger partial charge is 0.163 e. The number of nitrogen functional groups attached to an aromatic ring is 1. The molecule has 0 aliphatic carbocycles. The van der Waals surface area contributed by atoms with Gasteiger partial charge in [0.25, 0.3) is 0 Å². The molecule has 21 heavy (non-hydrogen) atoms. The topological polar surface area (TPSA) is 77.5 Å². The summed E-state index contributed by atoms with van der Waals surface area (Å²) in [5, 5.41) is 8.96. The summed E-state index contributed by atoms with van der Waals surface area (Å²) in [7, 11) is 3.14. The van der Waals surface area contributed by atoms with Crippen LogP contribution >= 0.6 is 0 Å². The minimum atomic E-state index is 0.249. The molecule has 0 radical (unpaired) electrons. The predicted molar refractivity (Wildman–Crippen MR) is 79.4 cm³/mol. The van der Waals surface area contributed by atoms with E-state index in [2.05, 4.69) is 6.07 Å². The minimum absolute atomic E-state index is 0.249. The molecule has 5 heteroatoms. The molecule has 0 fully saturated rings. The van der Waals surface area contributed by atoms with Crippen molar-refractivity contribution in [1.82, 2.24) is 0 Å². The number of methoxy groups -OCH3 is 2. The summed E-state index contributed by atoms with van der Waals surface area (Å²) in [5.74, 6) is 1.80. The molecule has 0 saturated carbocycles. The lowest BCUT2D eigenvalue weighted by Crippen LogP contribution is -2.01. The van der Waals surface area contributed by atoms with Crippen molar-refractivity contribution in [2.75, 3.05) is 20.0 Å². The molecule has 0 aliphatic heterocycles. The first kappa shape index (κ1) is 14.5. The van der Waals surface area contributed by atoms with E-state index in [0.29, 0.717) is 28.5 Å². The van der Waals surface area contributed by atoms with Crippen molar-refractivity contribution in [2.24, 2.45) is 0 Å². The number of hydrogen-bond acceptors (Lipinski definition) is 5. The third-order valence-corrected chi connectivity index (χ3v) is 2.98. The van der Waals surface area contributed by atoms with Crippen LogP contribution < -0.4 is 19.9 Å². The van der Waals surface area contributed by atoms with E-state index >= 15 is 0 Å². The molecule has 2 aromatic rings. The molecule has 0 atom stereocenters. The molecule has 2 aromatic carbocycles. The fourth-order valence-electron chi connectivity index (χ4n) is 1.92. The van der Waals surface area contributed by atoms with Crippen molar-refractivity contribution in [3.63, 3.8) is 0 Å². The summed E-state index contributed by atoms with van der Waals surface area (Å²) in [6, 6.07) is 12.4. The maximum atomic E-state index is 8.96. The molecular formula is C16H16N2O3. The quantitative estimate of drug-likeness (QED) is 0.854. The Bertz CT molecular complexity index is 678. The molecule has 0 amide bonds. The van der Waals surface area contributed by atoms with Gasteiger partial charge in [0.05, 0.1) is 25.9 Å². The molecule has 5 nitrogen and oxygen atoms in total. The Hall–Kier alpha value is -2.87. The monoisotopic (exact) mass is 284 g/mol. The highest BCUT2D eigenvalue weighted by molar-refractivity contribution is 5.52. The van der Waals surface area contributed by atoms with Crippen molar-refractivity contribution in [1.29, 1.82) is 5.26 Å². The summed E-state index contributed by atoms with van der Waals surface area (Å²) >= 11 is 0. The fourth-order valence-corrected chi connectivity index (χ4v) is 1.92. The first-order valence-corrected chi connectivity index (χ1v) is 6.31. The lowest BCUT2D eigenvalue weighted by Gasteiger charge is -2.13. The molecule has 0 spiro atoms. The Labute approximate surface area is 123 Å². The normalized spacial score (nSPS) is 9.76. The Morgan fingerprint density at radius 3 is 2.38 bits per heavy atom. The van der Waals surface area contributed by atoms with E-state index in [0.717, 1.165) is 5.56 Å². The van der Waals surface area contributed by atoms with Crippen LogP contribution in [0.1, 0.15) is 11.1 Å². The Morgan fingerprint density at radius 1 is 1.00 bits per heavy atom. The number of nitriles is 1. The van der Waals surface area contributed by atoms with E-state index in [1.54, 1.807) is 50.6 Å². The maximum absolute atomic E-state index is 8.96. The first-order valence-electron chi connectivity index (χ1n) is 6.31. The van der Waals surface area contributed by atoms with Gasteiger partial charge in [-0.1, -0.05) is 0 Å². The molecule has 108 valence electrons. The van der Waals surface area contributed by atoms with Crippen LogP contribution in [0.2, 0.25) is 0 Å². The molecule has 2 rings (SSSR count). The van der Waals surface area contributed by atoms with E-state index in [-0.39, 0.29) is 6.61 Å². The van der Waals surface area contributed by atoms with Crippen LogP contribution in [0.4, 0.5) is 5.69 Å². The summed E-state index contributed by atoms with van der Waals surface area (Å²) < 4.78 is 16.2. The van der Waals surface area contributed by atoms with Gasteiger partial charge in [-0.2, -0.15) is 5.26 Å². The second-order valence-electron chi connectivity index (χ2n) is 4.34. The van der Waals surface area contributed by atoms with Gasteiger partial charge in [-0.3, -0.25) is 0 Å². The van der Waals surface area contributed by atoms with Gasteiger partial charge in [0, 0.05) is 17.3 Å². The van der Waals surface area contributed by atoms with Crippen LogP contribution in [-0.2, 0) is 6.61 Å². The average Bonchev–Trinajstić information content (AvgIpc) is 2.52. The largest absolute Gasteiger partial charge is 0.496 e. The Morgan fingerprint density at radius 2 is 1.71 bits per heavy atom. The van der Waals surface area contributed by atoms with Crippen molar-refractivity contribution in [3.8, 4) is 23.3 Å². The van der Waals surface area contributed by atoms with Gasteiger partial charge in [-0.05, 0) is 30.3 Å².